The van der Waals surface area contributed by atoms with E-state index in [0.717, 1.165) is 23.5 Å². The number of benzene rings is 4. The molecule has 0 spiro atoms. The Bertz CT molecular complexity index is 1040. The molecule has 4 rings (SSSR count). The van der Waals surface area contributed by atoms with Crippen molar-refractivity contribution in [1.82, 2.24) is 0 Å². The summed E-state index contributed by atoms with van der Waals surface area (Å²) in [5.41, 5.74) is 7.53. The van der Waals surface area contributed by atoms with Crippen molar-refractivity contribution in [2.75, 3.05) is 4.90 Å². The lowest BCUT2D eigenvalue weighted by molar-refractivity contribution is 0.506. The van der Waals surface area contributed by atoms with Gasteiger partial charge in [-0.05, 0) is 64.9 Å². The first-order chi connectivity index (χ1) is 14.6. The van der Waals surface area contributed by atoms with Crippen molar-refractivity contribution in [1.29, 1.82) is 0 Å². The Balaban J connectivity index is 1.74. The van der Waals surface area contributed by atoms with Gasteiger partial charge >= 0.3 is 0 Å². The zero-order valence-electron chi connectivity index (χ0n) is 18.0. The molecule has 0 bridgehead atoms. The summed E-state index contributed by atoms with van der Waals surface area (Å²) in [6, 6.07) is 38.9. The van der Waals surface area contributed by atoms with Gasteiger partial charge in [-0.3, -0.25) is 0 Å². The summed E-state index contributed by atoms with van der Waals surface area (Å²) in [6.45, 7) is 6.86. The van der Waals surface area contributed by atoms with Gasteiger partial charge in [-0.2, -0.15) is 0 Å². The highest BCUT2D eigenvalue weighted by Crippen LogP contribution is 2.36. The standard InChI is InChI=1S/C29H29N/c1-4-29(2,3)25-20-18-23(19-21-25)24-12-11-17-28(22-24)30(26-13-7-5-8-14-26)27-15-9-6-10-16-27/h5-22H,4H2,1-3H3. The first kappa shape index (κ1) is 20.0. The van der Waals surface area contributed by atoms with E-state index in [2.05, 4.69) is 135 Å². The second kappa shape index (κ2) is 8.59. The molecule has 0 aliphatic carbocycles. The predicted octanol–water partition coefficient (Wildman–Crippen LogP) is 8.51. The van der Waals surface area contributed by atoms with Crippen LogP contribution in [-0.4, -0.2) is 0 Å². The summed E-state index contributed by atoms with van der Waals surface area (Å²) in [4.78, 5) is 2.30. The molecule has 4 aromatic carbocycles. The quantitative estimate of drug-likeness (QED) is 0.318. The fourth-order valence-corrected chi connectivity index (χ4v) is 3.74. The smallest absolute Gasteiger partial charge is 0.0467 e. The topological polar surface area (TPSA) is 3.24 Å². The minimum absolute atomic E-state index is 0.206. The molecule has 0 saturated carbocycles. The molecule has 0 atom stereocenters. The maximum absolute atomic E-state index is 2.31. The molecule has 0 amide bonds. The summed E-state index contributed by atoms with van der Waals surface area (Å²) < 4.78 is 0. The second-order valence-electron chi connectivity index (χ2n) is 8.37. The molecule has 0 heterocycles. The molecule has 0 radical (unpaired) electrons. The van der Waals surface area contributed by atoms with E-state index in [1.807, 2.05) is 0 Å². The highest BCUT2D eigenvalue weighted by atomic mass is 15.1. The van der Waals surface area contributed by atoms with Gasteiger partial charge in [-0.15, -0.1) is 0 Å². The van der Waals surface area contributed by atoms with Crippen LogP contribution < -0.4 is 4.90 Å². The first-order valence-electron chi connectivity index (χ1n) is 10.7. The van der Waals surface area contributed by atoms with Crippen LogP contribution in [0.2, 0.25) is 0 Å². The van der Waals surface area contributed by atoms with Gasteiger partial charge < -0.3 is 4.90 Å². The van der Waals surface area contributed by atoms with Gasteiger partial charge in [0.2, 0.25) is 0 Å². The molecule has 0 aromatic heterocycles. The molecule has 4 aromatic rings. The molecular weight excluding hydrogens is 362 g/mol. The molecule has 0 saturated heterocycles. The Morgan fingerprint density at radius 2 is 1.10 bits per heavy atom. The third-order valence-corrected chi connectivity index (χ3v) is 6.02. The third kappa shape index (κ3) is 4.16. The number of hydrogen-bond donors (Lipinski definition) is 0. The normalized spacial score (nSPS) is 11.3. The molecule has 30 heavy (non-hydrogen) atoms. The Morgan fingerprint density at radius 1 is 0.567 bits per heavy atom. The Labute approximate surface area is 180 Å². The lowest BCUT2D eigenvalue weighted by Crippen LogP contribution is -2.14. The van der Waals surface area contributed by atoms with Gasteiger partial charge in [0.1, 0.15) is 0 Å². The van der Waals surface area contributed by atoms with Crippen molar-refractivity contribution >= 4 is 17.1 Å². The summed E-state index contributed by atoms with van der Waals surface area (Å²) >= 11 is 0. The van der Waals surface area contributed by atoms with E-state index in [4.69, 9.17) is 0 Å². The summed E-state index contributed by atoms with van der Waals surface area (Å²) in [5, 5.41) is 0. The highest BCUT2D eigenvalue weighted by Gasteiger charge is 2.18. The van der Waals surface area contributed by atoms with E-state index in [9.17, 15) is 0 Å². The van der Waals surface area contributed by atoms with Gasteiger partial charge in [0, 0.05) is 17.1 Å². The maximum atomic E-state index is 2.31. The fourth-order valence-electron chi connectivity index (χ4n) is 3.74. The molecule has 150 valence electrons. The molecular formula is C29H29N. The van der Waals surface area contributed by atoms with Crippen LogP contribution in [0.15, 0.2) is 109 Å². The van der Waals surface area contributed by atoms with Crippen LogP contribution in [0, 0.1) is 0 Å². The Hall–Kier alpha value is -3.32. The van der Waals surface area contributed by atoms with E-state index >= 15 is 0 Å². The van der Waals surface area contributed by atoms with E-state index < -0.39 is 0 Å². The van der Waals surface area contributed by atoms with E-state index in [1.165, 1.54) is 16.7 Å². The van der Waals surface area contributed by atoms with Gasteiger partial charge in [0.05, 0.1) is 0 Å². The van der Waals surface area contributed by atoms with Crippen LogP contribution in [-0.2, 0) is 5.41 Å². The summed E-state index contributed by atoms with van der Waals surface area (Å²) in [7, 11) is 0. The van der Waals surface area contributed by atoms with Crippen molar-refractivity contribution in [3.8, 4) is 11.1 Å². The highest BCUT2D eigenvalue weighted by molar-refractivity contribution is 5.79. The monoisotopic (exact) mass is 391 g/mol. The van der Waals surface area contributed by atoms with E-state index in [1.54, 1.807) is 0 Å². The first-order valence-corrected chi connectivity index (χ1v) is 10.7. The Kier molecular flexibility index (Phi) is 5.72. The molecule has 0 unspecified atom stereocenters. The molecule has 0 N–H and O–H groups in total. The Morgan fingerprint density at radius 3 is 1.63 bits per heavy atom. The number of hydrogen-bond acceptors (Lipinski definition) is 1. The van der Waals surface area contributed by atoms with Crippen LogP contribution in [0.5, 0.6) is 0 Å². The predicted molar refractivity (Wildman–Crippen MR) is 130 cm³/mol. The van der Waals surface area contributed by atoms with Crippen molar-refractivity contribution in [3.05, 3.63) is 115 Å². The summed E-state index contributed by atoms with van der Waals surface area (Å²) in [5.74, 6) is 0. The van der Waals surface area contributed by atoms with Gasteiger partial charge in [-0.25, -0.2) is 0 Å². The maximum Gasteiger partial charge on any atom is 0.0467 e. The van der Waals surface area contributed by atoms with Gasteiger partial charge in [-0.1, -0.05) is 93.6 Å². The van der Waals surface area contributed by atoms with E-state index in [0.29, 0.717) is 0 Å². The van der Waals surface area contributed by atoms with Crippen LogP contribution in [0.4, 0.5) is 17.1 Å². The minimum atomic E-state index is 0.206. The number of anilines is 3. The average Bonchev–Trinajstić information content (AvgIpc) is 2.81. The number of para-hydroxylation sites is 2. The van der Waals surface area contributed by atoms with Crippen LogP contribution >= 0.6 is 0 Å². The van der Waals surface area contributed by atoms with Crippen molar-refractivity contribution in [2.24, 2.45) is 0 Å². The second-order valence-corrected chi connectivity index (χ2v) is 8.37. The molecule has 1 heteroatoms. The van der Waals surface area contributed by atoms with Gasteiger partial charge in [0.25, 0.3) is 0 Å². The van der Waals surface area contributed by atoms with Crippen molar-refractivity contribution < 1.29 is 0 Å². The van der Waals surface area contributed by atoms with E-state index in [-0.39, 0.29) is 5.41 Å². The number of rotatable bonds is 6. The van der Waals surface area contributed by atoms with Crippen LogP contribution in [0.3, 0.4) is 0 Å². The molecule has 0 fully saturated rings. The lowest BCUT2D eigenvalue weighted by Gasteiger charge is -2.26. The molecule has 0 aliphatic heterocycles. The molecule has 0 aliphatic rings. The zero-order valence-corrected chi connectivity index (χ0v) is 18.0. The van der Waals surface area contributed by atoms with Crippen LogP contribution in [0.1, 0.15) is 32.8 Å². The van der Waals surface area contributed by atoms with Crippen molar-refractivity contribution in [2.45, 2.75) is 32.6 Å². The van der Waals surface area contributed by atoms with Gasteiger partial charge in [0.15, 0.2) is 0 Å². The minimum Gasteiger partial charge on any atom is -0.310 e. The molecule has 1 nitrogen and oxygen atoms in total. The average molecular weight is 392 g/mol. The third-order valence-electron chi connectivity index (χ3n) is 6.02. The fraction of sp³-hybridized carbons (Fsp3) is 0.172. The summed E-state index contributed by atoms with van der Waals surface area (Å²) in [6.07, 6.45) is 1.13. The largest absolute Gasteiger partial charge is 0.310 e. The zero-order chi connectivity index (χ0) is 21.0. The van der Waals surface area contributed by atoms with Crippen molar-refractivity contribution in [3.63, 3.8) is 0 Å². The van der Waals surface area contributed by atoms with Crippen LogP contribution in [0.25, 0.3) is 11.1 Å². The number of nitrogens with zero attached hydrogens (tertiary/aromatic N) is 1. The SMILES string of the molecule is CCC(C)(C)c1ccc(-c2cccc(N(c3ccccc3)c3ccccc3)c2)cc1. The lowest BCUT2D eigenvalue weighted by atomic mass is 9.82.